The molecule has 0 saturated heterocycles. The average molecular weight is 436 g/mol. The Kier molecular flexibility index (Phi) is 7.29. The van der Waals surface area contributed by atoms with E-state index in [0.717, 1.165) is 0 Å². The summed E-state index contributed by atoms with van der Waals surface area (Å²) >= 11 is 4.30. The van der Waals surface area contributed by atoms with Crippen LogP contribution in [0.1, 0.15) is 27.6 Å². The third-order valence-electron chi connectivity index (χ3n) is 4.15. The van der Waals surface area contributed by atoms with Crippen molar-refractivity contribution in [1.82, 2.24) is 0 Å². The van der Waals surface area contributed by atoms with E-state index in [9.17, 15) is 14.4 Å². The molecular weight excluding hydrogens is 416 g/mol. The fourth-order valence-corrected chi connectivity index (χ4v) is 2.93. The van der Waals surface area contributed by atoms with Crippen LogP contribution in [0.2, 0.25) is 0 Å². The summed E-state index contributed by atoms with van der Waals surface area (Å²) in [7, 11) is 0. The van der Waals surface area contributed by atoms with Crippen LogP contribution in [0.15, 0.2) is 77.7 Å². The molecule has 0 saturated carbocycles. The molecule has 0 aromatic heterocycles. The molecule has 3 aromatic carbocycles. The molecule has 0 bridgehead atoms. The third kappa shape index (κ3) is 5.86. The van der Waals surface area contributed by atoms with Gasteiger partial charge in [-0.1, -0.05) is 24.3 Å². The number of carbonyl (C=O) groups excluding carboxylic acids is 3. The lowest BCUT2D eigenvalue weighted by atomic mass is 10.1. The Hall–Kier alpha value is -3.78. The van der Waals surface area contributed by atoms with E-state index in [1.165, 1.54) is 24.3 Å². The molecule has 0 aliphatic rings. The summed E-state index contributed by atoms with van der Waals surface area (Å²) in [5.74, 6) is -0.472. The molecule has 0 aliphatic carbocycles. The lowest BCUT2D eigenvalue weighted by Crippen LogP contribution is -2.17. The van der Waals surface area contributed by atoms with Gasteiger partial charge in [0.1, 0.15) is 5.75 Å². The second-order valence-corrected chi connectivity index (χ2v) is 6.76. The zero-order chi connectivity index (χ0) is 22.2. The van der Waals surface area contributed by atoms with Crippen LogP contribution in [0.5, 0.6) is 5.75 Å². The molecule has 2 amide bonds. The van der Waals surface area contributed by atoms with Gasteiger partial charge in [0.15, 0.2) is 0 Å². The largest absolute Gasteiger partial charge is 0.513 e. The van der Waals surface area contributed by atoms with Crippen molar-refractivity contribution in [3.05, 3.63) is 83.9 Å². The van der Waals surface area contributed by atoms with Crippen LogP contribution in [-0.4, -0.2) is 24.6 Å². The normalized spacial score (nSPS) is 10.1. The molecule has 0 heterocycles. The zero-order valence-electron chi connectivity index (χ0n) is 16.6. The monoisotopic (exact) mass is 436 g/mol. The number of carbonyl (C=O) groups is 3. The van der Waals surface area contributed by atoms with Crippen LogP contribution >= 0.6 is 12.6 Å². The van der Waals surface area contributed by atoms with Crippen LogP contribution in [-0.2, 0) is 4.74 Å². The third-order valence-corrected chi connectivity index (χ3v) is 4.54. The lowest BCUT2D eigenvalue weighted by Gasteiger charge is -2.13. The number of nitrogens with one attached hydrogen (secondary N) is 2. The van der Waals surface area contributed by atoms with E-state index >= 15 is 0 Å². The molecule has 0 spiro atoms. The molecule has 0 unspecified atom stereocenters. The summed E-state index contributed by atoms with van der Waals surface area (Å²) in [5, 5.41) is 5.57. The van der Waals surface area contributed by atoms with E-state index < -0.39 is 6.16 Å². The van der Waals surface area contributed by atoms with E-state index in [2.05, 4.69) is 23.3 Å². The topological polar surface area (TPSA) is 93.7 Å². The van der Waals surface area contributed by atoms with E-state index in [0.29, 0.717) is 27.4 Å². The first-order valence-corrected chi connectivity index (χ1v) is 9.87. The Balaban J connectivity index is 1.70. The Morgan fingerprint density at radius 2 is 1.39 bits per heavy atom. The first kappa shape index (κ1) is 21.9. The Morgan fingerprint density at radius 1 is 0.806 bits per heavy atom. The predicted molar refractivity (Wildman–Crippen MR) is 120 cm³/mol. The van der Waals surface area contributed by atoms with Gasteiger partial charge in [-0.15, -0.1) is 12.6 Å². The van der Waals surface area contributed by atoms with E-state index in [1.54, 1.807) is 55.5 Å². The molecule has 3 aromatic rings. The number of thiol groups is 1. The minimum absolute atomic E-state index is 0.203. The Labute approximate surface area is 184 Å². The minimum Gasteiger partial charge on any atom is -0.434 e. The van der Waals surface area contributed by atoms with Crippen molar-refractivity contribution in [3.8, 4) is 5.75 Å². The van der Waals surface area contributed by atoms with Crippen molar-refractivity contribution >= 4 is 42.0 Å². The van der Waals surface area contributed by atoms with Crippen molar-refractivity contribution in [2.75, 3.05) is 17.2 Å². The van der Waals surface area contributed by atoms with Gasteiger partial charge in [-0.25, -0.2) is 4.79 Å². The quantitative estimate of drug-likeness (QED) is 0.287. The SMILES string of the molecule is CCOC(=O)Oc1ccc(C(=O)Nc2ccccc2NC(=O)c2ccccc2S)cc1. The highest BCUT2D eigenvalue weighted by Gasteiger charge is 2.14. The molecule has 0 radical (unpaired) electrons. The number of hydrogen-bond acceptors (Lipinski definition) is 6. The van der Waals surface area contributed by atoms with E-state index in [1.807, 2.05) is 0 Å². The highest BCUT2D eigenvalue weighted by molar-refractivity contribution is 7.80. The number of rotatable bonds is 6. The first-order valence-electron chi connectivity index (χ1n) is 9.42. The summed E-state index contributed by atoms with van der Waals surface area (Å²) in [6, 6.07) is 19.8. The molecule has 0 atom stereocenters. The predicted octanol–water partition coefficient (Wildman–Crippen LogP) is 5.02. The highest BCUT2D eigenvalue weighted by Crippen LogP contribution is 2.24. The van der Waals surface area contributed by atoms with E-state index in [-0.39, 0.29) is 24.2 Å². The van der Waals surface area contributed by atoms with E-state index in [4.69, 9.17) is 9.47 Å². The zero-order valence-corrected chi connectivity index (χ0v) is 17.5. The van der Waals surface area contributed by atoms with Gasteiger partial charge < -0.3 is 20.1 Å². The van der Waals surface area contributed by atoms with Gasteiger partial charge in [-0.2, -0.15) is 0 Å². The van der Waals surface area contributed by atoms with Crippen LogP contribution in [0.25, 0.3) is 0 Å². The molecule has 7 nitrogen and oxygen atoms in total. The van der Waals surface area contributed by atoms with Crippen LogP contribution in [0.3, 0.4) is 0 Å². The molecule has 158 valence electrons. The summed E-state index contributed by atoms with van der Waals surface area (Å²) in [5.41, 5.74) is 1.64. The number of anilines is 2. The van der Waals surface area contributed by atoms with Crippen molar-refractivity contribution in [1.29, 1.82) is 0 Å². The molecule has 31 heavy (non-hydrogen) atoms. The lowest BCUT2D eigenvalue weighted by molar-refractivity contribution is 0.101. The minimum atomic E-state index is -0.813. The summed E-state index contributed by atoms with van der Waals surface area (Å²) in [6.45, 7) is 1.88. The summed E-state index contributed by atoms with van der Waals surface area (Å²) in [6.07, 6.45) is -0.813. The standard InChI is InChI=1S/C23H20N2O5S/c1-2-29-23(28)30-16-13-11-15(12-14-16)21(26)24-18-8-4-5-9-19(18)25-22(27)17-7-3-6-10-20(17)31/h3-14,31H,2H2,1H3,(H,24,26)(H,25,27). The van der Waals surface area contributed by atoms with Crippen molar-refractivity contribution < 1.29 is 23.9 Å². The fraction of sp³-hybridized carbons (Fsp3) is 0.0870. The molecule has 0 fully saturated rings. The molecular formula is C23H20N2O5S. The number of hydrogen-bond donors (Lipinski definition) is 3. The summed E-state index contributed by atoms with van der Waals surface area (Å²) < 4.78 is 9.68. The number of benzene rings is 3. The van der Waals surface area contributed by atoms with Crippen LogP contribution in [0.4, 0.5) is 16.2 Å². The number of ether oxygens (including phenoxy) is 2. The van der Waals surface area contributed by atoms with Crippen LogP contribution < -0.4 is 15.4 Å². The second-order valence-electron chi connectivity index (χ2n) is 6.28. The average Bonchev–Trinajstić information content (AvgIpc) is 2.76. The highest BCUT2D eigenvalue weighted by atomic mass is 32.1. The molecule has 8 heteroatoms. The van der Waals surface area contributed by atoms with Crippen molar-refractivity contribution in [3.63, 3.8) is 0 Å². The molecule has 3 rings (SSSR count). The van der Waals surface area contributed by atoms with Crippen molar-refractivity contribution in [2.24, 2.45) is 0 Å². The molecule has 0 aliphatic heterocycles. The van der Waals surface area contributed by atoms with Gasteiger partial charge in [0.25, 0.3) is 11.8 Å². The van der Waals surface area contributed by atoms with Gasteiger partial charge in [-0.3, -0.25) is 9.59 Å². The first-order chi connectivity index (χ1) is 15.0. The smallest absolute Gasteiger partial charge is 0.434 e. The molecule has 2 N–H and O–H groups in total. The maximum atomic E-state index is 12.6. The van der Waals surface area contributed by atoms with Gasteiger partial charge in [0.2, 0.25) is 0 Å². The summed E-state index contributed by atoms with van der Waals surface area (Å²) in [4.78, 5) is 37.1. The number of para-hydroxylation sites is 2. The van der Waals surface area contributed by atoms with Crippen LogP contribution in [0, 0.1) is 0 Å². The maximum Gasteiger partial charge on any atom is 0.513 e. The Bertz CT molecular complexity index is 1100. The maximum absolute atomic E-state index is 12.6. The van der Waals surface area contributed by atoms with Gasteiger partial charge in [0, 0.05) is 10.5 Å². The van der Waals surface area contributed by atoms with Crippen molar-refractivity contribution in [2.45, 2.75) is 11.8 Å². The fourth-order valence-electron chi connectivity index (χ4n) is 2.67. The number of amides is 2. The van der Waals surface area contributed by atoms with Gasteiger partial charge >= 0.3 is 6.16 Å². The second kappa shape index (κ2) is 10.3. The Morgan fingerprint density at radius 3 is 2.00 bits per heavy atom. The van der Waals surface area contributed by atoms with Gasteiger partial charge in [0.05, 0.1) is 23.5 Å². The van der Waals surface area contributed by atoms with Gasteiger partial charge in [-0.05, 0) is 55.5 Å².